The van der Waals surface area contributed by atoms with Gasteiger partial charge in [-0.1, -0.05) is 19.3 Å². The zero-order chi connectivity index (χ0) is 11.0. The van der Waals surface area contributed by atoms with Crippen molar-refractivity contribution in [2.45, 2.75) is 25.8 Å². The van der Waals surface area contributed by atoms with Gasteiger partial charge >= 0.3 is 5.97 Å². The molecule has 0 aromatic rings. The Bertz CT molecular complexity index is 276. The molecule has 0 aliphatic rings. The summed E-state index contributed by atoms with van der Waals surface area (Å²) in [7, 11) is 0. The Morgan fingerprint density at radius 2 is 2.21 bits per heavy atom. The van der Waals surface area contributed by atoms with E-state index in [-0.39, 0.29) is 6.04 Å². The summed E-state index contributed by atoms with van der Waals surface area (Å²) in [5.41, 5.74) is 0. The summed E-state index contributed by atoms with van der Waals surface area (Å²) in [5.74, 6) is 0.766. The van der Waals surface area contributed by atoms with Gasteiger partial charge in [0.15, 0.2) is 0 Å². The second-order valence-electron chi connectivity index (χ2n) is 2.69. The van der Waals surface area contributed by atoms with E-state index in [1.807, 2.05) is 6.92 Å². The number of aliphatic carboxylic acids is 1. The Morgan fingerprint density at radius 3 is 2.64 bits per heavy atom. The van der Waals surface area contributed by atoms with Crippen LogP contribution in [0.4, 0.5) is 0 Å². The Balaban J connectivity index is 4.04. The Hall–Kier alpha value is -1.76. The van der Waals surface area contributed by atoms with Crippen molar-refractivity contribution in [1.82, 2.24) is 5.32 Å². The predicted octanol–water partition coefficient (Wildman–Crippen LogP) is 0.545. The third-order valence-corrected chi connectivity index (χ3v) is 1.47. The van der Waals surface area contributed by atoms with Gasteiger partial charge < -0.3 is 10.4 Å². The molecule has 0 aliphatic carbocycles. The number of carbonyl (C=O) groups excluding carboxylic acids is 1. The van der Waals surface area contributed by atoms with Crippen LogP contribution in [0, 0.1) is 12.3 Å². The fourth-order valence-corrected chi connectivity index (χ4v) is 0.853. The van der Waals surface area contributed by atoms with Crippen molar-refractivity contribution in [3.63, 3.8) is 0 Å². The van der Waals surface area contributed by atoms with Crippen LogP contribution < -0.4 is 5.32 Å². The summed E-state index contributed by atoms with van der Waals surface area (Å²) in [6.07, 6.45) is 8.42. The van der Waals surface area contributed by atoms with Crippen molar-refractivity contribution in [2.24, 2.45) is 0 Å². The van der Waals surface area contributed by atoms with Crippen LogP contribution in [0.15, 0.2) is 12.2 Å². The van der Waals surface area contributed by atoms with Crippen LogP contribution in [0.2, 0.25) is 0 Å². The molecule has 0 saturated carbocycles. The maximum atomic E-state index is 11.0. The highest BCUT2D eigenvalue weighted by Crippen LogP contribution is 1.94. The summed E-state index contributed by atoms with van der Waals surface area (Å²) < 4.78 is 0. The van der Waals surface area contributed by atoms with Crippen molar-refractivity contribution in [3.05, 3.63) is 12.2 Å². The average molecular weight is 195 g/mol. The maximum absolute atomic E-state index is 11.0. The van der Waals surface area contributed by atoms with Crippen LogP contribution in [0.1, 0.15) is 19.8 Å². The number of carboxylic acids is 1. The van der Waals surface area contributed by atoms with Crippen molar-refractivity contribution in [3.8, 4) is 12.3 Å². The van der Waals surface area contributed by atoms with Crippen LogP contribution in [-0.2, 0) is 9.59 Å². The molecule has 0 rings (SSSR count). The Labute approximate surface area is 83.0 Å². The number of hydrogen-bond donors (Lipinski definition) is 2. The van der Waals surface area contributed by atoms with Crippen LogP contribution in [0.25, 0.3) is 0 Å². The molecule has 76 valence electrons. The minimum Gasteiger partial charge on any atom is -0.478 e. The molecule has 0 heterocycles. The molecule has 0 aliphatic heterocycles. The van der Waals surface area contributed by atoms with E-state index in [2.05, 4.69) is 11.2 Å². The highest BCUT2D eigenvalue weighted by Gasteiger charge is 2.05. The van der Waals surface area contributed by atoms with Gasteiger partial charge in [0.2, 0.25) is 5.91 Å². The number of amides is 1. The van der Waals surface area contributed by atoms with Crippen LogP contribution >= 0.6 is 0 Å². The molecule has 1 atom stereocenters. The molecule has 0 saturated heterocycles. The molecule has 1 amide bonds. The molecule has 1 unspecified atom stereocenters. The van der Waals surface area contributed by atoms with E-state index < -0.39 is 11.9 Å². The highest BCUT2D eigenvalue weighted by atomic mass is 16.4. The van der Waals surface area contributed by atoms with Gasteiger partial charge in [-0.15, -0.1) is 6.42 Å². The normalized spacial score (nSPS) is 12.0. The molecule has 0 aromatic heterocycles. The first-order valence-corrected chi connectivity index (χ1v) is 4.27. The zero-order valence-corrected chi connectivity index (χ0v) is 7.99. The smallest absolute Gasteiger partial charge is 0.328 e. The SMILES string of the molecule is C#CC(CCC)NC(=O)/C=C/C(=O)O. The average Bonchev–Trinajstić information content (AvgIpc) is 2.14. The van der Waals surface area contributed by atoms with E-state index in [1.54, 1.807) is 0 Å². The van der Waals surface area contributed by atoms with Crippen molar-refractivity contribution in [2.75, 3.05) is 0 Å². The lowest BCUT2D eigenvalue weighted by Gasteiger charge is -2.09. The van der Waals surface area contributed by atoms with Gasteiger partial charge in [-0.25, -0.2) is 4.79 Å². The summed E-state index contributed by atoms with van der Waals surface area (Å²) in [6.45, 7) is 1.95. The number of rotatable bonds is 5. The summed E-state index contributed by atoms with van der Waals surface area (Å²) in [6, 6.07) is -0.328. The minimum atomic E-state index is -1.16. The number of carboxylic acid groups (broad SMARTS) is 1. The van der Waals surface area contributed by atoms with E-state index in [4.69, 9.17) is 11.5 Å². The van der Waals surface area contributed by atoms with E-state index in [9.17, 15) is 9.59 Å². The predicted molar refractivity (Wildman–Crippen MR) is 52.4 cm³/mol. The molecule has 0 fully saturated rings. The van der Waals surface area contributed by atoms with Gasteiger partial charge in [0.25, 0.3) is 0 Å². The lowest BCUT2D eigenvalue weighted by Crippen LogP contribution is -2.32. The molecule has 4 nitrogen and oxygen atoms in total. The zero-order valence-electron chi connectivity index (χ0n) is 7.99. The van der Waals surface area contributed by atoms with Crippen LogP contribution in [0.3, 0.4) is 0 Å². The molecular weight excluding hydrogens is 182 g/mol. The maximum Gasteiger partial charge on any atom is 0.328 e. The first-order valence-electron chi connectivity index (χ1n) is 4.27. The van der Waals surface area contributed by atoms with Crippen LogP contribution in [0.5, 0.6) is 0 Å². The van der Waals surface area contributed by atoms with Gasteiger partial charge in [-0.05, 0) is 6.42 Å². The second kappa shape index (κ2) is 6.72. The lowest BCUT2D eigenvalue weighted by atomic mass is 10.2. The summed E-state index contributed by atoms with van der Waals surface area (Å²) >= 11 is 0. The fraction of sp³-hybridized carbons (Fsp3) is 0.400. The first-order chi connectivity index (χ1) is 6.60. The number of nitrogens with one attached hydrogen (secondary N) is 1. The monoisotopic (exact) mass is 195 g/mol. The van der Waals surface area contributed by atoms with E-state index in [1.165, 1.54) is 0 Å². The molecule has 4 heteroatoms. The molecular formula is C10H13NO3. The molecule has 0 spiro atoms. The minimum absolute atomic E-state index is 0.328. The molecule has 14 heavy (non-hydrogen) atoms. The topological polar surface area (TPSA) is 66.4 Å². The molecule has 0 radical (unpaired) electrons. The second-order valence-corrected chi connectivity index (χ2v) is 2.69. The quantitative estimate of drug-likeness (QED) is 0.497. The number of terminal acetylenes is 1. The first kappa shape index (κ1) is 12.2. The molecule has 0 aromatic carbocycles. The Morgan fingerprint density at radius 1 is 1.57 bits per heavy atom. The van der Waals surface area contributed by atoms with E-state index in [0.29, 0.717) is 6.42 Å². The van der Waals surface area contributed by atoms with Gasteiger partial charge in [-0.2, -0.15) is 0 Å². The summed E-state index contributed by atoms with van der Waals surface area (Å²) in [4.78, 5) is 21.1. The third-order valence-electron chi connectivity index (χ3n) is 1.47. The molecule has 2 N–H and O–H groups in total. The van der Waals surface area contributed by atoms with Gasteiger partial charge in [0, 0.05) is 12.2 Å². The largest absolute Gasteiger partial charge is 0.478 e. The lowest BCUT2D eigenvalue weighted by molar-refractivity contribution is -0.131. The summed E-state index contributed by atoms with van der Waals surface area (Å²) in [5, 5.41) is 10.7. The van der Waals surface area contributed by atoms with E-state index >= 15 is 0 Å². The highest BCUT2D eigenvalue weighted by molar-refractivity contribution is 5.94. The fourth-order valence-electron chi connectivity index (χ4n) is 0.853. The van der Waals surface area contributed by atoms with E-state index in [0.717, 1.165) is 18.6 Å². The van der Waals surface area contributed by atoms with Gasteiger partial charge in [0.05, 0.1) is 6.04 Å². The number of carbonyl (C=O) groups is 2. The van der Waals surface area contributed by atoms with Gasteiger partial charge in [-0.3, -0.25) is 4.79 Å². The van der Waals surface area contributed by atoms with Crippen molar-refractivity contribution < 1.29 is 14.7 Å². The van der Waals surface area contributed by atoms with Crippen LogP contribution in [-0.4, -0.2) is 23.0 Å². The van der Waals surface area contributed by atoms with Gasteiger partial charge in [0.1, 0.15) is 0 Å². The van der Waals surface area contributed by atoms with Crippen molar-refractivity contribution in [1.29, 1.82) is 0 Å². The number of hydrogen-bond acceptors (Lipinski definition) is 2. The van der Waals surface area contributed by atoms with Crippen molar-refractivity contribution >= 4 is 11.9 Å². The third kappa shape index (κ3) is 5.84. The Kier molecular flexibility index (Phi) is 5.88. The molecule has 0 bridgehead atoms. The standard InChI is InChI=1S/C10H13NO3/c1-3-5-8(4-2)11-9(12)6-7-10(13)14/h2,6-8H,3,5H2,1H3,(H,11,12)(H,13,14)/b7-6+.